The highest BCUT2D eigenvalue weighted by Crippen LogP contribution is 1.80. The molecule has 1 aliphatic heterocycles. The third-order valence-corrected chi connectivity index (χ3v) is 0.701. The molecule has 0 fully saturated rings. The summed E-state index contributed by atoms with van der Waals surface area (Å²) in [6.07, 6.45) is 10.3. The molecule has 1 rings (SSSR count). The summed E-state index contributed by atoms with van der Waals surface area (Å²) in [5, 5.41) is 0. The first kappa shape index (κ1) is 4.31. The van der Waals surface area contributed by atoms with Crippen molar-refractivity contribution in [3.8, 4) is 0 Å². The van der Waals surface area contributed by atoms with Crippen molar-refractivity contribution in [3.63, 3.8) is 0 Å². The molecular formula is C6H6N. The van der Waals surface area contributed by atoms with Gasteiger partial charge in [0.1, 0.15) is 0 Å². The molecule has 1 radical (unpaired) electrons. The van der Waals surface area contributed by atoms with E-state index in [-0.39, 0.29) is 0 Å². The lowest BCUT2D eigenvalue weighted by Gasteiger charge is -1.71. The van der Waals surface area contributed by atoms with Crippen LogP contribution in [0.15, 0.2) is 23.2 Å². The fourth-order valence-corrected chi connectivity index (χ4v) is 0.394. The standard InChI is InChI=1S/C6H6N/c1-2-4-6-7-5-3-1/h1,3-4,6H,5H2. The van der Waals surface area contributed by atoms with Crippen LogP contribution in [-0.2, 0) is 0 Å². The molecule has 0 aliphatic carbocycles. The van der Waals surface area contributed by atoms with Crippen molar-refractivity contribution in [2.75, 3.05) is 6.54 Å². The molecule has 0 aromatic carbocycles. The molecule has 7 heavy (non-hydrogen) atoms. The zero-order chi connectivity index (χ0) is 4.95. The Morgan fingerprint density at radius 1 is 1.57 bits per heavy atom. The molecule has 0 atom stereocenters. The summed E-state index contributed by atoms with van der Waals surface area (Å²) >= 11 is 0. The lowest BCUT2D eigenvalue weighted by molar-refractivity contribution is 1.27. The molecule has 0 amide bonds. The van der Waals surface area contributed by atoms with Crippen molar-refractivity contribution in [2.24, 2.45) is 4.99 Å². The Kier molecular flexibility index (Phi) is 1.44. The van der Waals surface area contributed by atoms with E-state index < -0.39 is 0 Å². The third-order valence-electron chi connectivity index (χ3n) is 0.701. The van der Waals surface area contributed by atoms with Gasteiger partial charge in [0.25, 0.3) is 0 Å². The number of aliphatic imine (C=N–C) groups is 1. The van der Waals surface area contributed by atoms with Crippen LogP contribution in [0.25, 0.3) is 0 Å². The van der Waals surface area contributed by atoms with Gasteiger partial charge in [0.2, 0.25) is 0 Å². The molecule has 0 bridgehead atoms. The molecule has 0 N–H and O–H groups in total. The van der Waals surface area contributed by atoms with Crippen molar-refractivity contribution >= 4 is 6.21 Å². The molecule has 0 spiro atoms. The predicted octanol–water partition coefficient (Wildman–Crippen LogP) is 0.986. The summed E-state index contributed by atoms with van der Waals surface area (Å²) in [6.45, 7) is 0.795. The predicted molar refractivity (Wildman–Crippen MR) is 30.3 cm³/mol. The van der Waals surface area contributed by atoms with Gasteiger partial charge in [-0.1, -0.05) is 12.2 Å². The average molecular weight is 92.1 g/mol. The van der Waals surface area contributed by atoms with Gasteiger partial charge in [-0.25, -0.2) is 0 Å². The van der Waals surface area contributed by atoms with E-state index in [9.17, 15) is 0 Å². The SMILES string of the molecule is [C]1=CC=NCC=C1. The number of rotatable bonds is 0. The Morgan fingerprint density at radius 2 is 2.57 bits per heavy atom. The number of hydrogen-bond acceptors (Lipinski definition) is 1. The van der Waals surface area contributed by atoms with Crippen molar-refractivity contribution in [2.45, 2.75) is 0 Å². The van der Waals surface area contributed by atoms with Crippen molar-refractivity contribution in [1.29, 1.82) is 0 Å². The summed E-state index contributed by atoms with van der Waals surface area (Å²) in [5.41, 5.74) is 0. The molecule has 0 aromatic rings. The van der Waals surface area contributed by atoms with Crippen LogP contribution in [0, 0.1) is 6.08 Å². The Bertz CT molecular complexity index is 106. The molecule has 1 aliphatic rings. The van der Waals surface area contributed by atoms with Crippen LogP contribution < -0.4 is 0 Å². The fraction of sp³-hybridized carbons (Fsp3) is 0.167. The summed E-state index contributed by atoms with van der Waals surface area (Å²) in [7, 11) is 0. The number of nitrogens with zero attached hydrogens (tertiary/aromatic N) is 1. The highest BCUT2D eigenvalue weighted by Gasteiger charge is 1.71. The molecule has 35 valence electrons. The second-order valence-corrected chi connectivity index (χ2v) is 1.25. The Morgan fingerprint density at radius 3 is 3.57 bits per heavy atom. The van der Waals surface area contributed by atoms with E-state index in [1.54, 1.807) is 12.3 Å². The highest BCUT2D eigenvalue weighted by atomic mass is 14.7. The minimum Gasteiger partial charge on any atom is -0.289 e. The van der Waals surface area contributed by atoms with E-state index in [1.165, 1.54) is 0 Å². The van der Waals surface area contributed by atoms with E-state index in [0.29, 0.717) is 0 Å². The topological polar surface area (TPSA) is 12.4 Å². The third kappa shape index (κ3) is 1.35. The maximum absolute atomic E-state index is 3.94. The Balaban J connectivity index is 2.60. The van der Waals surface area contributed by atoms with E-state index >= 15 is 0 Å². The van der Waals surface area contributed by atoms with Gasteiger partial charge in [-0.2, -0.15) is 0 Å². The number of allylic oxidation sites excluding steroid dienone is 3. The minimum atomic E-state index is 0.795. The van der Waals surface area contributed by atoms with Gasteiger partial charge in [-0.05, 0) is 12.2 Å². The van der Waals surface area contributed by atoms with Crippen LogP contribution in [0.5, 0.6) is 0 Å². The highest BCUT2D eigenvalue weighted by molar-refractivity contribution is 5.71. The first-order valence-corrected chi connectivity index (χ1v) is 2.23. The molecule has 0 unspecified atom stereocenters. The van der Waals surface area contributed by atoms with Crippen LogP contribution in [0.4, 0.5) is 0 Å². The summed E-state index contributed by atoms with van der Waals surface area (Å²) in [5.74, 6) is 0. The normalized spacial score (nSPS) is 17.1. The molecule has 0 saturated carbocycles. The van der Waals surface area contributed by atoms with Gasteiger partial charge in [0.15, 0.2) is 0 Å². The van der Waals surface area contributed by atoms with Crippen LogP contribution in [0.1, 0.15) is 0 Å². The van der Waals surface area contributed by atoms with Gasteiger partial charge in [0, 0.05) is 6.21 Å². The summed E-state index contributed by atoms with van der Waals surface area (Å²) < 4.78 is 0. The van der Waals surface area contributed by atoms with E-state index in [2.05, 4.69) is 11.1 Å². The molecule has 1 heterocycles. The first-order valence-electron chi connectivity index (χ1n) is 2.23. The second-order valence-electron chi connectivity index (χ2n) is 1.25. The van der Waals surface area contributed by atoms with Crippen molar-refractivity contribution < 1.29 is 0 Å². The monoisotopic (exact) mass is 92.1 g/mol. The first-order chi connectivity index (χ1) is 3.50. The molecule has 1 nitrogen and oxygen atoms in total. The van der Waals surface area contributed by atoms with Crippen LogP contribution >= 0.6 is 0 Å². The quantitative estimate of drug-likeness (QED) is 0.422. The summed E-state index contributed by atoms with van der Waals surface area (Å²) in [4.78, 5) is 3.94. The maximum atomic E-state index is 3.94. The van der Waals surface area contributed by atoms with Gasteiger partial charge in [-0.15, -0.1) is 0 Å². The van der Waals surface area contributed by atoms with Gasteiger partial charge < -0.3 is 0 Å². The Hall–Kier alpha value is -0.850. The minimum absolute atomic E-state index is 0.795. The van der Waals surface area contributed by atoms with Gasteiger partial charge in [-0.3, -0.25) is 4.99 Å². The summed E-state index contributed by atoms with van der Waals surface area (Å²) in [6, 6.07) is 0. The van der Waals surface area contributed by atoms with E-state index in [4.69, 9.17) is 0 Å². The average Bonchev–Trinajstić information content (AvgIpc) is 1.90. The second kappa shape index (κ2) is 2.35. The van der Waals surface area contributed by atoms with E-state index in [0.717, 1.165) is 6.54 Å². The molecule has 0 aromatic heterocycles. The van der Waals surface area contributed by atoms with Crippen molar-refractivity contribution in [3.05, 3.63) is 24.3 Å². The van der Waals surface area contributed by atoms with Crippen LogP contribution in [0.2, 0.25) is 0 Å². The molecule has 1 heteroatoms. The van der Waals surface area contributed by atoms with Crippen LogP contribution in [0.3, 0.4) is 0 Å². The van der Waals surface area contributed by atoms with Crippen molar-refractivity contribution in [1.82, 2.24) is 0 Å². The lowest BCUT2D eigenvalue weighted by atomic mass is 10.5. The smallest absolute Gasteiger partial charge is 0.0573 e. The van der Waals surface area contributed by atoms with Crippen LogP contribution in [-0.4, -0.2) is 12.8 Å². The van der Waals surface area contributed by atoms with E-state index in [1.807, 2.05) is 12.2 Å². The zero-order valence-corrected chi connectivity index (χ0v) is 3.96. The van der Waals surface area contributed by atoms with Gasteiger partial charge >= 0.3 is 0 Å². The largest absolute Gasteiger partial charge is 0.289 e. The number of hydrogen-bond donors (Lipinski definition) is 0. The Labute approximate surface area is 43.1 Å². The maximum Gasteiger partial charge on any atom is 0.0573 e. The fourth-order valence-electron chi connectivity index (χ4n) is 0.394. The van der Waals surface area contributed by atoms with Gasteiger partial charge in [0.05, 0.1) is 6.54 Å². The zero-order valence-electron chi connectivity index (χ0n) is 3.96. The lowest BCUT2D eigenvalue weighted by Crippen LogP contribution is -1.66. The molecular weight excluding hydrogens is 86.1 g/mol. The molecule has 0 saturated heterocycles.